The Bertz CT molecular complexity index is 901. The molecule has 6 heteroatoms. The lowest BCUT2D eigenvalue weighted by Gasteiger charge is -2.04. The van der Waals surface area contributed by atoms with Crippen molar-refractivity contribution in [2.24, 2.45) is 0 Å². The Hall–Kier alpha value is -2.63. The van der Waals surface area contributed by atoms with Gasteiger partial charge in [-0.15, -0.1) is 0 Å². The summed E-state index contributed by atoms with van der Waals surface area (Å²) in [5, 5.41) is 0. The molecular weight excluding hydrogens is 256 g/mol. The van der Waals surface area contributed by atoms with Crippen molar-refractivity contribution in [3.63, 3.8) is 0 Å². The lowest BCUT2D eigenvalue weighted by molar-refractivity contribution is 1.02. The van der Waals surface area contributed by atoms with Gasteiger partial charge in [-0.05, 0) is 25.0 Å². The van der Waals surface area contributed by atoms with Crippen molar-refractivity contribution >= 4 is 11.2 Å². The average Bonchev–Trinajstić information content (AvgIpc) is 2.76. The number of benzene rings is 1. The van der Waals surface area contributed by atoms with Gasteiger partial charge in [0, 0.05) is 6.42 Å². The molecule has 3 N–H and O–H groups in total. The molecule has 0 aliphatic heterocycles. The topological polar surface area (TPSA) is 94.4 Å². The van der Waals surface area contributed by atoms with Crippen LogP contribution in [0.1, 0.15) is 22.5 Å². The van der Waals surface area contributed by atoms with Crippen molar-refractivity contribution in [3.8, 4) is 0 Å². The van der Waals surface area contributed by atoms with Gasteiger partial charge in [-0.3, -0.25) is 14.8 Å². The Morgan fingerprint density at radius 3 is 2.70 bits per heavy atom. The van der Waals surface area contributed by atoms with Crippen molar-refractivity contribution in [2.45, 2.75) is 20.3 Å². The van der Waals surface area contributed by atoms with Crippen LogP contribution in [0.15, 0.2) is 27.8 Å². The van der Waals surface area contributed by atoms with E-state index in [4.69, 9.17) is 0 Å². The van der Waals surface area contributed by atoms with E-state index in [0.29, 0.717) is 23.4 Å². The number of aromatic amines is 3. The van der Waals surface area contributed by atoms with Crippen molar-refractivity contribution in [1.82, 2.24) is 19.9 Å². The summed E-state index contributed by atoms with van der Waals surface area (Å²) in [6, 6.07) is 6.21. The first kappa shape index (κ1) is 12.4. The second-order valence-corrected chi connectivity index (χ2v) is 4.92. The Morgan fingerprint density at radius 2 is 1.90 bits per heavy atom. The Kier molecular flexibility index (Phi) is 2.78. The summed E-state index contributed by atoms with van der Waals surface area (Å²) in [6.45, 7) is 4.07. The molecule has 20 heavy (non-hydrogen) atoms. The number of nitrogens with one attached hydrogen (secondary N) is 3. The molecule has 1 aromatic carbocycles. The second-order valence-electron chi connectivity index (χ2n) is 4.92. The summed E-state index contributed by atoms with van der Waals surface area (Å²) < 4.78 is 0. The highest BCUT2D eigenvalue weighted by Crippen LogP contribution is 2.15. The van der Waals surface area contributed by atoms with Crippen LogP contribution in [0.25, 0.3) is 11.2 Å². The van der Waals surface area contributed by atoms with E-state index in [1.165, 1.54) is 11.1 Å². The summed E-state index contributed by atoms with van der Waals surface area (Å²) in [7, 11) is 0. The van der Waals surface area contributed by atoms with E-state index >= 15 is 0 Å². The maximum absolute atomic E-state index is 11.6. The summed E-state index contributed by atoms with van der Waals surface area (Å²) in [4.78, 5) is 34.8. The zero-order chi connectivity index (χ0) is 14.3. The molecule has 2 aromatic heterocycles. The van der Waals surface area contributed by atoms with E-state index in [2.05, 4.69) is 38.1 Å². The number of imidazole rings is 1. The van der Waals surface area contributed by atoms with Gasteiger partial charge in [-0.2, -0.15) is 0 Å². The molecule has 0 saturated heterocycles. The van der Waals surface area contributed by atoms with Crippen molar-refractivity contribution in [3.05, 3.63) is 61.6 Å². The zero-order valence-corrected chi connectivity index (χ0v) is 11.2. The number of fused-ring (bicyclic) bond motifs is 1. The highest BCUT2D eigenvalue weighted by Gasteiger charge is 2.09. The van der Waals surface area contributed by atoms with Crippen LogP contribution in [0.4, 0.5) is 0 Å². The first-order valence-corrected chi connectivity index (χ1v) is 6.30. The molecule has 0 spiro atoms. The van der Waals surface area contributed by atoms with Crippen LogP contribution in [0.3, 0.4) is 0 Å². The molecule has 0 atom stereocenters. The maximum Gasteiger partial charge on any atom is 0.327 e. The number of aryl methyl sites for hydroxylation is 2. The van der Waals surface area contributed by atoms with E-state index < -0.39 is 11.2 Å². The minimum absolute atomic E-state index is 0.291. The van der Waals surface area contributed by atoms with Gasteiger partial charge in [0.1, 0.15) is 11.3 Å². The smallest absolute Gasteiger partial charge is 0.327 e. The number of nitrogens with zero attached hydrogens (tertiary/aromatic N) is 1. The third-order valence-corrected chi connectivity index (χ3v) is 3.30. The molecule has 0 aliphatic rings. The lowest BCUT2D eigenvalue weighted by Crippen LogP contribution is -2.21. The van der Waals surface area contributed by atoms with Gasteiger partial charge in [0.2, 0.25) is 0 Å². The monoisotopic (exact) mass is 270 g/mol. The number of hydrogen-bond acceptors (Lipinski definition) is 3. The highest BCUT2D eigenvalue weighted by molar-refractivity contribution is 5.68. The first-order chi connectivity index (χ1) is 9.52. The van der Waals surface area contributed by atoms with Crippen LogP contribution in [0, 0.1) is 13.8 Å². The van der Waals surface area contributed by atoms with Crippen LogP contribution < -0.4 is 11.2 Å². The predicted octanol–water partition coefficient (Wildman–Crippen LogP) is 1.15. The van der Waals surface area contributed by atoms with Gasteiger partial charge in [0.25, 0.3) is 5.56 Å². The molecular formula is C14H14N4O2. The quantitative estimate of drug-likeness (QED) is 0.652. The number of H-pyrrole nitrogens is 3. The molecule has 6 nitrogen and oxygen atoms in total. The van der Waals surface area contributed by atoms with Crippen LogP contribution in [-0.4, -0.2) is 19.9 Å². The normalized spacial score (nSPS) is 11.1. The molecule has 3 aromatic rings. The van der Waals surface area contributed by atoms with Crippen molar-refractivity contribution in [2.75, 3.05) is 0 Å². The van der Waals surface area contributed by atoms with E-state index in [0.717, 1.165) is 5.56 Å². The van der Waals surface area contributed by atoms with Crippen molar-refractivity contribution in [1.29, 1.82) is 0 Å². The molecule has 0 fully saturated rings. The number of rotatable bonds is 2. The van der Waals surface area contributed by atoms with Gasteiger partial charge in [0.05, 0.1) is 0 Å². The predicted molar refractivity (Wildman–Crippen MR) is 76.1 cm³/mol. The van der Waals surface area contributed by atoms with Gasteiger partial charge in [0.15, 0.2) is 5.65 Å². The lowest BCUT2D eigenvalue weighted by atomic mass is 10.0. The van der Waals surface area contributed by atoms with Gasteiger partial charge >= 0.3 is 5.69 Å². The van der Waals surface area contributed by atoms with Crippen LogP contribution in [0.2, 0.25) is 0 Å². The van der Waals surface area contributed by atoms with Gasteiger partial charge in [-0.1, -0.05) is 23.8 Å². The summed E-state index contributed by atoms with van der Waals surface area (Å²) in [6.07, 6.45) is 0.587. The fourth-order valence-corrected chi connectivity index (χ4v) is 2.24. The highest BCUT2D eigenvalue weighted by atomic mass is 16.2. The molecule has 2 heterocycles. The van der Waals surface area contributed by atoms with Gasteiger partial charge in [-0.25, -0.2) is 9.78 Å². The largest absolute Gasteiger partial charge is 0.336 e. The maximum atomic E-state index is 11.6. The summed E-state index contributed by atoms with van der Waals surface area (Å²) in [5.74, 6) is 0.654. The summed E-state index contributed by atoms with van der Waals surface area (Å²) >= 11 is 0. The fourth-order valence-electron chi connectivity index (χ4n) is 2.24. The molecule has 0 unspecified atom stereocenters. The molecule has 0 saturated carbocycles. The third-order valence-electron chi connectivity index (χ3n) is 3.30. The molecule has 0 amide bonds. The Labute approximate surface area is 113 Å². The fraction of sp³-hybridized carbons (Fsp3) is 0.214. The minimum atomic E-state index is -0.549. The molecule has 0 aliphatic carbocycles. The standard InChI is InChI=1S/C14H14N4O2/c1-7-3-4-8(2)9(5-7)6-10-15-11-12(16-10)17-14(20)18-13(11)19/h3-5H,6H2,1-2H3,(H3,15,16,17,18,19,20). The Balaban J connectivity index is 2.07. The molecule has 3 rings (SSSR count). The zero-order valence-electron chi connectivity index (χ0n) is 11.2. The molecule has 102 valence electrons. The van der Waals surface area contributed by atoms with E-state index in [1.807, 2.05) is 13.8 Å². The van der Waals surface area contributed by atoms with Crippen molar-refractivity contribution < 1.29 is 0 Å². The SMILES string of the molecule is Cc1ccc(C)c(Cc2nc3[nH]c(=O)[nH]c(=O)c3[nH]2)c1. The number of aromatic nitrogens is 4. The van der Waals surface area contributed by atoms with Gasteiger partial charge < -0.3 is 4.98 Å². The molecule has 0 radical (unpaired) electrons. The van der Waals surface area contributed by atoms with E-state index in [1.54, 1.807) is 0 Å². The minimum Gasteiger partial charge on any atom is -0.336 e. The Morgan fingerprint density at radius 1 is 1.10 bits per heavy atom. The van der Waals surface area contributed by atoms with E-state index in [9.17, 15) is 9.59 Å². The third kappa shape index (κ3) is 2.16. The van der Waals surface area contributed by atoms with Crippen LogP contribution in [-0.2, 0) is 6.42 Å². The number of hydrogen-bond donors (Lipinski definition) is 3. The van der Waals surface area contributed by atoms with Crippen LogP contribution in [0.5, 0.6) is 0 Å². The second kappa shape index (κ2) is 4.48. The summed E-state index contributed by atoms with van der Waals surface area (Å²) in [5.41, 5.74) is 3.06. The average molecular weight is 270 g/mol. The van der Waals surface area contributed by atoms with Crippen LogP contribution >= 0.6 is 0 Å². The van der Waals surface area contributed by atoms with E-state index in [-0.39, 0.29) is 0 Å². The molecule has 0 bridgehead atoms. The first-order valence-electron chi connectivity index (χ1n) is 6.30.